The summed E-state index contributed by atoms with van der Waals surface area (Å²) in [5.74, 6) is 1.12. The van der Waals surface area contributed by atoms with E-state index in [1.54, 1.807) is 42.5 Å². The second-order valence-corrected chi connectivity index (χ2v) is 4.44. The van der Waals surface area contributed by atoms with Crippen LogP contribution in [0.1, 0.15) is 0 Å². The number of halogens is 2. The smallest absolute Gasteiger partial charge is 0.457 e. The topological polar surface area (TPSA) is 49.7 Å². The van der Waals surface area contributed by atoms with Gasteiger partial charge in [0, 0.05) is 6.07 Å². The molecule has 0 spiro atoms. The maximum atomic E-state index is 8.95. The Morgan fingerprint density at radius 2 is 1.44 bits per heavy atom. The largest absolute Gasteiger partial charge is 0.488 e. The summed E-state index contributed by atoms with van der Waals surface area (Å²) in [5.41, 5.74) is 0.400. The van der Waals surface area contributed by atoms with Gasteiger partial charge in [-0.25, -0.2) is 0 Å². The van der Waals surface area contributed by atoms with E-state index in [0.717, 1.165) is 0 Å². The molecule has 2 rings (SSSR count). The molecular formula is C12H9BCl2O3. The molecule has 0 aliphatic rings. The van der Waals surface area contributed by atoms with Gasteiger partial charge in [-0.15, -0.1) is 0 Å². The van der Waals surface area contributed by atoms with E-state index < -0.39 is 7.12 Å². The van der Waals surface area contributed by atoms with Crippen LogP contribution in [0.4, 0.5) is 0 Å². The molecule has 0 aliphatic heterocycles. The molecule has 0 heterocycles. The lowest BCUT2D eigenvalue weighted by atomic mass is 9.80. The minimum absolute atomic E-state index is 0.400. The van der Waals surface area contributed by atoms with Crippen LogP contribution >= 0.6 is 23.2 Å². The van der Waals surface area contributed by atoms with Crippen molar-refractivity contribution in [2.24, 2.45) is 0 Å². The zero-order valence-corrected chi connectivity index (χ0v) is 10.7. The standard InChI is InChI=1S/C12H9BCl2O3/c14-11-6-5-10(7-12(11)15)18-9-3-1-8(2-4-9)13(16)17/h1-7,16-17H. The van der Waals surface area contributed by atoms with Crippen LogP contribution in [0.3, 0.4) is 0 Å². The van der Waals surface area contributed by atoms with Gasteiger partial charge in [0.25, 0.3) is 0 Å². The van der Waals surface area contributed by atoms with E-state index in [1.165, 1.54) is 0 Å². The maximum Gasteiger partial charge on any atom is 0.488 e. The van der Waals surface area contributed by atoms with E-state index in [2.05, 4.69) is 0 Å². The average Bonchev–Trinajstić information content (AvgIpc) is 2.34. The molecule has 0 saturated carbocycles. The summed E-state index contributed by atoms with van der Waals surface area (Å²) >= 11 is 11.7. The molecule has 2 aromatic rings. The Labute approximate surface area is 115 Å². The molecule has 0 unspecified atom stereocenters. The summed E-state index contributed by atoms with van der Waals surface area (Å²) in [5, 5.41) is 18.8. The number of hydrogen-bond acceptors (Lipinski definition) is 3. The Balaban J connectivity index is 2.15. The summed E-state index contributed by atoms with van der Waals surface area (Å²) in [7, 11) is -1.48. The predicted molar refractivity (Wildman–Crippen MR) is 72.8 cm³/mol. The van der Waals surface area contributed by atoms with Gasteiger partial charge in [-0.2, -0.15) is 0 Å². The third kappa shape index (κ3) is 3.18. The van der Waals surface area contributed by atoms with E-state index >= 15 is 0 Å². The van der Waals surface area contributed by atoms with Gasteiger partial charge < -0.3 is 14.8 Å². The van der Waals surface area contributed by atoms with Gasteiger partial charge in [-0.1, -0.05) is 35.3 Å². The zero-order chi connectivity index (χ0) is 13.1. The summed E-state index contributed by atoms with van der Waals surface area (Å²) in [4.78, 5) is 0. The molecule has 0 saturated heterocycles. The molecular weight excluding hydrogens is 274 g/mol. The Bertz CT molecular complexity index is 544. The first-order chi connectivity index (χ1) is 8.56. The molecule has 18 heavy (non-hydrogen) atoms. The Morgan fingerprint density at radius 1 is 0.833 bits per heavy atom. The van der Waals surface area contributed by atoms with Crippen molar-refractivity contribution in [3.05, 3.63) is 52.5 Å². The summed E-state index contributed by atoms with van der Waals surface area (Å²) in [6, 6.07) is 11.4. The zero-order valence-electron chi connectivity index (χ0n) is 9.18. The fourth-order valence-electron chi connectivity index (χ4n) is 1.38. The normalized spacial score (nSPS) is 10.2. The van der Waals surface area contributed by atoms with Crippen LogP contribution in [0.2, 0.25) is 10.0 Å². The molecule has 0 amide bonds. The van der Waals surface area contributed by atoms with Gasteiger partial charge in [-0.05, 0) is 29.7 Å². The first kappa shape index (κ1) is 13.2. The lowest BCUT2D eigenvalue weighted by molar-refractivity contribution is 0.425. The van der Waals surface area contributed by atoms with Crippen LogP contribution in [0.15, 0.2) is 42.5 Å². The quantitative estimate of drug-likeness (QED) is 0.851. The molecule has 2 N–H and O–H groups in total. The SMILES string of the molecule is OB(O)c1ccc(Oc2ccc(Cl)c(Cl)c2)cc1. The summed E-state index contributed by atoms with van der Waals surface area (Å²) in [6.07, 6.45) is 0. The highest BCUT2D eigenvalue weighted by Crippen LogP contribution is 2.29. The molecule has 0 bridgehead atoms. The van der Waals surface area contributed by atoms with Crippen molar-refractivity contribution < 1.29 is 14.8 Å². The number of ether oxygens (including phenoxy) is 1. The van der Waals surface area contributed by atoms with E-state index in [4.69, 9.17) is 38.0 Å². The van der Waals surface area contributed by atoms with Crippen LogP contribution in [-0.2, 0) is 0 Å². The lowest BCUT2D eigenvalue weighted by Gasteiger charge is -2.07. The highest BCUT2D eigenvalue weighted by atomic mass is 35.5. The van der Waals surface area contributed by atoms with Crippen molar-refractivity contribution in [2.75, 3.05) is 0 Å². The number of benzene rings is 2. The molecule has 0 radical (unpaired) electrons. The third-order valence-electron chi connectivity index (χ3n) is 2.31. The Morgan fingerprint density at radius 3 is 2.00 bits per heavy atom. The maximum absolute atomic E-state index is 8.95. The van der Waals surface area contributed by atoms with E-state index in [0.29, 0.717) is 27.0 Å². The van der Waals surface area contributed by atoms with Crippen molar-refractivity contribution in [1.82, 2.24) is 0 Å². The van der Waals surface area contributed by atoms with Gasteiger partial charge in [0.05, 0.1) is 10.0 Å². The minimum atomic E-state index is -1.48. The minimum Gasteiger partial charge on any atom is -0.457 e. The summed E-state index contributed by atoms with van der Waals surface area (Å²) in [6.45, 7) is 0. The number of rotatable bonds is 3. The predicted octanol–water partition coefficient (Wildman–Crippen LogP) is 2.47. The van der Waals surface area contributed by atoms with Crippen LogP contribution in [-0.4, -0.2) is 17.2 Å². The molecule has 6 heteroatoms. The highest BCUT2D eigenvalue weighted by molar-refractivity contribution is 6.58. The second kappa shape index (κ2) is 5.63. The van der Waals surface area contributed by atoms with Crippen molar-refractivity contribution in [3.63, 3.8) is 0 Å². The van der Waals surface area contributed by atoms with Gasteiger partial charge in [0.15, 0.2) is 0 Å². The summed E-state index contributed by atoms with van der Waals surface area (Å²) < 4.78 is 5.54. The lowest BCUT2D eigenvalue weighted by Crippen LogP contribution is -2.29. The van der Waals surface area contributed by atoms with Crippen LogP contribution < -0.4 is 10.2 Å². The van der Waals surface area contributed by atoms with E-state index in [-0.39, 0.29) is 0 Å². The average molecular weight is 283 g/mol. The van der Waals surface area contributed by atoms with E-state index in [1.807, 2.05) is 0 Å². The van der Waals surface area contributed by atoms with Gasteiger partial charge >= 0.3 is 7.12 Å². The molecule has 0 atom stereocenters. The van der Waals surface area contributed by atoms with Crippen molar-refractivity contribution >= 4 is 35.8 Å². The van der Waals surface area contributed by atoms with Gasteiger partial charge in [0.1, 0.15) is 11.5 Å². The Kier molecular flexibility index (Phi) is 4.14. The molecule has 2 aromatic carbocycles. The van der Waals surface area contributed by atoms with E-state index in [9.17, 15) is 0 Å². The fourth-order valence-corrected chi connectivity index (χ4v) is 1.67. The van der Waals surface area contributed by atoms with Gasteiger partial charge in [0.2, 0.25) is 0 Å². The molecule has 0 aromatic heterocycles. The Hall–Kier alpha value is -1.20. The van der Waals surface area contributed by atoms with Gasteiger partial charge in [-0.3, -0.25) is 0 Å². The monoisotopic (exact) mass is 282 g/mol. The third-order valence-corrected chi connectivity index (χ3v) is 3.04. The number of hydrogen-bond donors (Lipinski definition) is 2. The fraction of sp³-hybridized carbons (Fsp3) is 0. The molecule has 0 aliphatic carbocycles. The molecule has 0 fully saturated rings. The van der Waals surface area contributed by atoms with Crippen molar-refractivity contribution in [3.8, 4) is 11.5 Å². The van der Waals surface area contributed by atoms with Crippen LogP contribution in [0.5, 0.6) is 11.5 Å². The second-order valence-electron chi connectivity index (χ2n) is 3.62. The van der Waals surface area contributed by atoms with Crippen molar-refractivity contribution in [2.45, 2.75) is 0 Å². The van der Waals surface area contributed by atoms with Crippen LogP contribution in [0, 0.1) is 0 Å². The highest BCUT2D eigenvalue weighted by Gasteiger charge is 2.10. The van der Waals surface area contributed by atoms with Crippen molar-refractivity contribution in [1.29, 1.82) is 0 Å². The molecule has 92 valence electrons. The van der Waals surface area contributed by atoms with Crippen LogP contribution in [0.25, 0.3) is 0 Å². The first-order valence-corrected chi connectivity index (χ1v) is 5.91. The molecule has 3 nitrogen and oxygen atoms in total. The first-order valence-electron chi connectivity index (χ1n) is 5.15.